The lowest BCUT2D eigenvalue weighted by molar-refractivity contribution is -0.142. The van der Waals surface area contributed by atoms with Crippen molar-refractivity contribution >= 4 is 21.9 Å². The first kappa shape index (κ1) is 28.3. The van der Waals surface area contributed by atoms with Crippen molar-refractivity contribution in [2.75, 3.05) is 64.8 Å². The second kappa shape index (κ2) is 25.3. The Morgan fingerprint density at radius 3 is 1.72 bits per heavy atom. The van der Waals surface area contributed by atoms with Gasteiger partial charge in [-0.25, -0.2) is 0 Å². The number of unbranched alkanes of at least 4 members (excludes halogenated alkanes) is 6. The maximum atomic E-state index is 10.9. The lowest BCUT2D eigenvalue weighted by Crippen LogP contribution is -2.14. The predicted molar refractivity (Wildman–Crippen MR) is 120 cm³/mol. The summed E-state index contributed by atoms with van der Waals surface area (Å²) in [6.07, 6.45) is 14.7. The molecule has 7 heteroatoms. The first-order valence-corrected chi connectivity index (χ1v) is 11.7. The van der Waals surface area contributed by atoms with E-state index in [0.717, 1.165) is 19.4 Å². The summed E-state index contributed by atoms with van der Waals surface area (Å²) >= 11 is 3.02. The Morgan fingerprint density at radius 1 is 0.690 bits per heavy atom. The molecule has 0 saturated carbocycles. The molecule has 0 unspecified atom stereocenters. The highest BCUT2D eigenvalue weighted by atomic mass is 79.9. The highest BCUT2D eigenvalue weighted by Gasteiger charge is 1.98. The van der Waals surface area contributed by atoms with E-state index in [0.29, 0.717) is 46.2 Å². The number of carbonyl (C=O) groups is 1. The summed E-state index contributed by atoms with van der Waals surface area (Å²) in [5, 5.41) is 0.205. The van der Waals surface area contributed by atoms with E-state index in [1.165, 1.54) is 32.1 Å². The number of halogens is 1. The van der Waals surface area contributed by atoms with E-state index in [9.17, 15) is 4.79 Å². The van der Waals surface area contributed by atoms with Crippen molar-refractivity contribution < 1.29 is 28.5 Å². The molecule has 0 radical (unpaired) electrons. The molecule has 0 N–H and O–H groups in total. The van der Waals surface area contributed by atoms with Gasteiger partial charge in [0.1, 0.15) is 11.9 Å². The van der Waals surface area contributed by atoms with Crippen LogP contribution in [0.15, 0.2) is 24.8 Å². The molecule has 0 atom stereocenters. The number of rotatable bonds is 23. The summed E-state index contributed by atoms with van der Waals surface area (Å²) in [5.74, 6) is -0.287. The number of carbonyl (C=O) groups excluding carboxylic acids is 1. The van der Waals surface area contributed by atoms with Crippen LogP contribution in [0.1, 0.15) is 44.9 Å². The SMILES string of the molecule is C=C/C=C\CCCCCCCCOCCOCCOCCOCCOC(=O)CBr. The Morgan fingerprint density at radius 2 is 1.17 bits per heavy atom. The molecule has 6 nitrogen and oxygen atoms in total. The van der Waals surface area contributed by atoms with Crippen molar-refractivity contribution in [1.82, 2.24) is 0 Å². The van der Waals surface area contributed by atoms with Crippen LogP contribution in [0, 0.1) is 0 Å². The molecule has 0 saturated heterocycles. The summed E-state index contributed by atoms with van der Waals surface area (Å²) in [6, 6.07) is 0. The topological polar surface area (TPSA) is 63.2 Å². The van der Waals surface area contributed by atoms with Gasteiger partial charge in [-0.1, -0.05) is 66.4 Å². The summed E-state index contributed by atoms with van der Waals surface area (Å²) in [6.45, 7) is 8.40. The van der Waals surface area contributed by atoms with Crippen LogP contribution < -0.4 is 0 Å². The Bertz CT molecular complexity index is 389. The third kappa shape index (κ3) is 25.2. The first-order valence-electron chi connectivity index (χ1n) is 10.6. The van der Waals surface area contributed by atoms with E-state index in [2.05, 4.69) is 28.6 Å². The zero-order valence-corrected chi connectivity index (χ0v) is 19.4. The second-order valence-electron chi connectivity index (χ2n) is 6.38. The zero-order chi connectivity index (χ0) is 21.3. The molecule has 170 valence electrons. The van der Waals surface area contributed by atoms with Crippen LogP contribution in [-0.4, -0.2) is 70.8 Å². The van der Waals surface area contributed by atoms with Crippen molar-refractivity contribution in [3.63, 3.8) is 0 Å². The van der Waals surface area contributed by atoms with Crippen LogP contribution in [0.3, 0.4) is 0 Å². The van der Waals surface area contributed by atoms with Crippen LogP contribution in [-0.2, 0) is 28.5 Å². The maximum absolute atomic E-state index is 10.9. The molecule has 0 aromatic rings. The van der Waals surface area contributed by atoms with Crippen molar-refractivity contribution in [2.24, 2.45) is 0 Å². The van der Waals surface area contributed by atoms with Crippen molar-refractivity contribution in [1.29, 1.82) is 0 Å². The fourth-order valence-electron chi connectivity index (χ4n) is 2.38. The minimum absolute atomic E-state index is 0.205. The van der Waals surface area contributed by atoms with Gasteiger partial charge in [-0.2, -0.15) is 0 Å². The van der Waals surface area contributed by atoms with Gasteiger partial charge in [0.25, 0.3) is 0 Å². The predicted octanol–water partition coefficient (Wildman–Crippen LogP) is 4.46. The molecule has 0 aromatic carbocycles. The number of hydrogen-bond donors (Lipinski definition) is 0. The monoisotopic (exact) mass is 478 g/mol. The number of ether oxygens (including phenoxy) is 5. The molecular formula is C22H39BrO6. The van der Waals surface area contributed by atoms with E-state index in [1.54, 1.807) is 0 Å². The molecule has 0 amide bonds. The summed E-state index contributed by atoms with van der Waals surface area (Å²) < 4.78 is 26.5. The molecule has 0 heterocycles. The third-order valence-electron chi connectivity index (χ3n) is 3.90. The Kier molecular flexibility index (Phi) is 24.7. The number of alkyl halides is 1. The molecular weight excluding hydrogens is 440 g/mol. The van der Waals surface area contributed by atoms with Gasteiger partial charge in [-0.15, -0.1) is 0 Å². The molecule has 0 bridgehead atoms. The molecule has 0 spiro atoms. The Balaban J connectivity index is 3.04. The first-order chi connectivity index (χ1) is 14.3. The number of hydrogen-bond acceptors (Lipinski definition) is 6. The van der Waals surface area contributed by atoms with Gasteiger partial charge in [0.05, 0.1) is 46.2 Å². The maximum Gasteiger partial charge on any atom is 0.316 e. The highest BCUT2D eigenvalue weighted by Crippen LogP contribution is 2.07. The molecule has 29 heavy (non-hydrogen) atoms. The summed E-state index contributed by atoms with van der Waals surface area (Å²) in [5.41, 5.74) is 0. The van der Waals surface area contributed by atoms with E-state index in [4.69, 9.17) is 23.7 Å². The van der Waals surface area contributed by atoms with Crippen LogP contribution in [0.4, 0.5) is 0 Å². The summed E-state index contributed by atoms with van der Waals surface area (Å²) in [4.78, 5) is 10.9. The second-order valence-corrected chi connectivity index (χ2v) is 6.94. The lowest BCUT2D eigenvalue weighted by atomic mass is 10.1. The molecule has 0 aliphatic carbocycles. The van der Waals surface area contributed by atoms with E-state index >= 15 is 0 Å². The quantitative estimate of drug-likeness (QED) is 0.0933. The van der Waals surface area contributed by atoms with Gasteiger partial charge < -0.3 is 23.7 Å². The zero-order valence-electron chi connectivity index (χ0n) is 17.8. The van der Waals surface area contributed by atoms with Gasteiger partial charge in [0.15, 0.2) is 0 Å². The average Bonchev–Trinajstić information content (AvgIpc) is 2.74. The minimum Gasteiger partial charge on any atom is -0.463 e. The lowest BCUT2D eigenvalue weighted by Gasteiger charge is -2.08. The van der Waals surface area contributed by atoms with Crippen molar-refractivity contribution in [3.8, 4) is 0 Å². The average molecular weight is 479 g/mol. The van der Waals surface area contributed by atoms with E-state index in [-0.39, 0.29) is 17.9 Å². The standard InChI is InChI=1S/C22H39BrO6/c1-2-3-4-5-6-7-8-9-10-11-12-25-13-14-26-15-16-27-17-18-28-19-20-29-22(24)21-23/h2-4H,1,5-21H2/b4-3-. The molecule has 0 aliphatic heterocycles. The van der Waals surface area contributed by atoms with Crippen LogP contribution in [0.5, 0.6) is 0 Å². The largest absolute Gasteiger partial charge is 0.463 e. The smallest absolute Gasteiger partial charge is 0.316 e. The molecule has 0 rings (SSSR count). The van der Waals surface area contributed by atoms with Gasteiger partial charge in [0.2, 0.25) is 0 Å². The normalized spacial score (nSPS) is 11.2. The van der Waals surface area contributed by atoms with Crippen molar-refractivity contribution in [2.45, 2.75) is 44.9 Å². The van der Waals surface area contributed by atoms with Gasteiger partial charge in [-0.05, 0) is 19.3 Å². The van der Waals surface area contributed by atoms with E-state index in [1.807, 2.05) is 12.2 Å². The third-order valence-corrected chi connectivity index (χ3v) is 4.36. The van der Waals surface area contributed by atoms with Gasteiger partial charge in [0, 0.05) is 6.61 Å². The van der Waals surface area contributed by atoms with Crippen LogP contribution in [0.2, 0.25) is 0 Å². The Labute approximate surface area is 185 Å². The highest BCUT2D eigenvalue weighted by molar-refractivity contribution is 9.09. The van der Waals surface area contributed by atoms with Crippen LogP contribution in [0.25, 0.3) is 0 Å². The van der Waals surface area contributed by atoms with Crippen molar-refractivity contribution in [3.05, 3.63) is 24.8 Å². The van der Waals surface area contributed by atoms with E-state index < -0.39 is 0 Å². The Hall–Kier alpha value is -0.730. The fourth-order valence-corrected chi connectivity index (χ4v) is 2.54. The fraction of sp³-hybridized carbons (Fsp3) is 0.773. The summed E-state index contributed by atoms with van der Waals surface area (Å²) in [7, 11) is 0. The molecule has 0 aromatic heterocycles. The van der Waals surface area contributed by atoms with Gasteiger partial charge >= 0.3 is 5.97 Å². The van der Waals surface area contributed by atoms with Crippen LogP contribution >= 0.6 is 15.9 Å². The minimum atomic E-state index is -0.287. The number of allylic oxidation sites excluding steroid dienone is 3. The molecule has 0 fully saturated rings. The molecule has 0 aliphatic rings. The van der Waals surface area contributed by atoms with Gasteiger partial charge in [-0.3, -0.25) is 4.79 Å². The number of esters is 1.